The van der Waals surface area contributed by atoms with Crippen LogP contribution >= 0.6 is 0 Å². The fraction of sp³-hybridized carbons (Fsp3) is 0.381. The maximum Gasteiger partial charge on any atom is 1.00 e. The van der Waals surface area contributed by atoms with E-state index in [9.17, 15) is 9.90 Å². The van der Waals surface area contributed by atoms with Gasteiger partial charge in [-0.2, -0.15) is 0 Å². The van der Waals surface area contributed by atoms with E-state index in [0.717, 1.165) is 29.4 Å². The average molecular weight is 374 g/mol. The molecule has 0 spiro atoms. The number of ether oxygens (including phenoxy) is 1. The number of fused-ring (bicyclic) bond motifs is 1. The molecule has 2 aliphatic heterocycles. The summed E-state index contributed by atoms with van der Waals surface area (Å²) in [5.74, 6) is -0.436. The Morgan fingerprint density at radius 1 is 1.15 bits per heavy atom. The van der Waals surface area contributed by atoms with E-state index in [1.807, 2.05) is 12.1 Å². The smallest absolute Gasteiger partial charge is 0.550 e. The Morgan fingerprint density at radius 2 is 1.85 bits per heavy atom. The molecule has 1 saturated heterocycles. The predicted molar refractivity (Wildman–Crippen MR) is 100 cm³/mol. The van der Waals surface area contributed by atoms with E-state index in [4.69, 9.17) is 4.74 Å². The van der Waals surface area contributed by atoms with Crippen molar-refractivity contribution in [2.75, 3.05) is 29.4 Å². The molecule has 0 atom stereocenters. The Labute approximate surface area is 182 Å². The molecule has 0 bridgehead atoms. The predicted octanol–water partition coefficient (Wildman–Crippen LogP) is -0.506. The van der Waals surface area contributed by atoms with Gasteiger partial charge in [0.25, 0.3) is 0 Å². The minimum Gasteiger partial charge on any atom is -0.550 e. The molecule has 2 heterocycles. The van der Waals surface area contributed by atoms with E-state index < -0.39 is 5.97 Å². The number of aliphatic carboxylic acids is 1. The third-order valence-electron chi connectivity index (χ3n) is 5.05. The summed E-state index contributed by atoms with van der Waals surface area (Å²) in [4.78, 5) is 15.3. The monoisotopic (exact) mass is 374 g/mol. The Hall–Kier alpha value is -1.69. The summed E-state index contributed by atoms with van der Waals surface area (Å²) in [6, 6.07) is 14.5. The Kier molecular flexibility index (Phi) is 5.48. The summed E-state index contributed by atoms with van der Waals surface area (Å²) in [6.07, 6.45) is 0. The van der Waals surface area contributed by atoms with Crippen LogP contribution in [0, 0.1) is 12.8 Å². The van der Waals surface area contributed by atoms with Crippen molar-refractivity contribution in [2.24, 2.45) is 5.92 Å². The van der Waals surface area contributed by atoms with E-state index in [2.05, 4.69) is 60.9 Å². The zero-order chi connectivity index (χ0) is 18.5. The number of nitrogens with zero attached hydrogens (tertiary/aromatic N) is 2. The van der Waals surface area contributed by atoms with Crippen LogP contribution < -0.4 is 49.2 Å². The first-order chi connectivity index (χ1) is 12.3. The Bertz CT molecular complexity index is 862. The van der Waals surface area contributed by atoms with Gasteiger partial charge in [-0.15, -0.1) is 0 Å². The van der Waals surface area contributed by atoms with Crippen molar-refractivity contribution in [3.05, 3.63) is 48.0 Å². The summed E-state index contributed by atoms with van der Waals surface area (Å²) in [5.41, 5.74) is 4.05. The molecular formula is C21H23N2NaO3. The topological polar surface area (TPSA) is 55.8 Å². The van der Waals surface area contributed by atoms with Crippen molar-refractivity contribution in [3.8, 4) is 5.75 Å². The van der Waals surface area contributed by atoms with Crippen LogP contribution in [0.4, 0.5) is 17.1 Å². The van der Waals surface area contributed by atoms with Crippen LogP contribution in [0.15, 0.2) is 42.5 Å². The maximum atomic E-state index is 10.9. The molecule has 0 unspecified atom stereocenters. The van der Waals surface area contributed by atoms with E-state index >= 15 is 0 Å². The maximum absolute atomic E-state index is 10.9. The van der Waals surface area contributed by atoms with Crippen LogP contribution in [0.25, 0.3) is 0 Å². The molecule has 0 radical (unpaired) electrons. The number of hydrogen-bond donors (Lipinski definition) is 0. The van der Waals surface area contributed by atoms with Gasteiger partial charge in [0.05, 0.1) is 12.2 Å². The first-order valence-corrected chi connectivity index (χ1v) is 8.95. The summed E-state index contributed by atoms with van der Waals surface area (Å²) < 4.78 is 6.18. The van der Waals surface area contributed by atoms with E-state index in [1.165, 1.54) is 5.56 Å². The first kappa shape index (κ1) is 20.1. The average Bonchev–Trinajstić information content (AvgIpc) is 2.51. The second kappa shape index (κ2) is 7.38. The minimum absolute atomic E-state index is 0. The van der Waals surface area contributed by atoms with Crippen LogP contribution in [0.5, 0.6) is 5.75 Å². The Balaban J connectivity index is 0.00000210. The number of carbonyl (C=O) groups excluding carboxylic acids is 1. The van der Waals surface area contributed by atoms with Gasteiger partial charge in [-0.05, 0) is 56.7 Å². The van der Waals surface area contributed by atoms with E-state index in [-0.39, 0.29) is 41.1 Å². The second-order valence-corrected chi connectivity index (χ2v) is 7.86. The first-order valence-electron chi connectivity index (χ1n) is 8.95. The molecule has 0 aliphatic carbocycles. The molecule has 0 amide bonds. The molecule has 5 nitrogen and oxygen atoms in total. The number of rotatable bonds is 3. The van der Waals surface area contributed by atoms with Gasteiger partial charge in [0.2, 0.25) is 0 Å². The van der Waals surface area contributed by atoms with Gasteiger partial charge < -0.3 is 24.4 Å². The van der Waals surface area contributed by atoms with Crippen LogP contribution in [0.2, 0.25) is 0 Å². The van der Waals surface area contributed by atoms with Crippen molar-refractivity contribution in [1.29, 1.82) is 0 Å². The van der Waals surface area contributed by atoms with Crippen LogP contribution in [0.1, 0.15) is 19.4 Å². The fourth-order valence-corrected chi connectivity index (χ4v) is 3.65. The molecule has 0 aromatic heterocycles. The summed E-state index contributed by atoms with van der Waals surface area (Å²) >= 11 is 0. The van der Waals surface area contributed by atoms with Gasteiger partial charge in [-0.1, -0.05) is 12.1 Å². The molecule has 2 aliphatic rings. The molecule has 2 aromatic carbocycles. The third kappa shape index (κ3) is 3.96. The number of carbonyl (C=O) groups is 1. The largest absolute Gasteiger partial charge is 1.00 e. The van der Waals surface area contributed by atoms with Crippen LogP contribution in [-0.4, -0.2) is 31.2 Å². The molecule has 6 heteroatoms. The summed E-state index contributed by atoms with van der Waals surface area (Å²) in [7, 11) is 0. The standard InChI is InChI=1S/C21H24N2O3.Na/c1-14-7-8-18-19(9-14)26-21(2,3)13-23(18)17-6-4-5-16(10-17)22-11-15(12-22)20(24)25;/h4-10,15H,11-13H2,1-3H3,(H,24,25);/q;+1/p-1. The second-order valence-electron chi connectivity index (χ2n) is 7.86. The van der Waals surface area contributed by atoms with Gasteiger partial charge in [-0.25, -0.2) is 0 Å². The van der Waals surface area contributed by atoms with E-state index in [1.54, 1.807) is 0 Å². The number of carboxylic acid groups (broad SMARTS) is 1. The number of benzene rings is 2. The SMILES string of the molecule is Cc1ccc2c(c1)OC(C)(C)CN2c1cccc(N2CC(C(=O)[O-])C2)c1.[Na+]. The van der Waals surface area contributed by atoms with E-state index in [0.29, 0.717) is 13.1 Å². The Morgan fingerprint density at radius 3 is 2.56 bits per heavy atom. The molecule has 0 saturated carbocycles. The molecule has 1 fully saturated rings. The minimum atomic E-state index is -0.961. The van der Waals surface area contributed by atoms with Gasteiger partial charge in [0.1, 0.15) is 11.4 Å². The van der Waals surface area contributed by atoms with Crippen LogP contribution in [-0.2, 0) is 4.79 Å². The van der Waals surface area contributed by atoms with Crippen LogP contribution in [0.3, 0.4) is 0 Å². The number of hydrogen-bond acceptors (Lipinski definition) is 5. The van der Waals surface area contributed by atoms with Gasteiger partial charge in [0.15, 0.2) is 0 Å². The van der Waals surface area contributed by atoms with Crippen molar-refractivity contribution in [1.82, 2.24) is 0 Å². The number of anilines is 3. The van der Waals surface area contributed by atoms with Gasteiger partial charge in [-0.3, -0.25) is 0 Å². The third-order valence-corrected chi connectivity index (χ3v) is 5.05. The quantitative estimate of drug-likeness (QED) is 0.678. The van der Waals surface area contributed by atoms with Gasteiger partial charge in [0, 0.05) is 36.4 Å². The number of carboxylic acids is 1. The molecule has 27 heavy (non-hydrogen) atoms. The summed E-state index contributed by atoms with van der Waals surface area (Å²) in [6.45, 7) is 8.01. The van der Waals surface area contributed by atoms with Crippen molar-refractivity contribution < 1.29 is 44.2 Å². The van der Waals surface area contributed by atoms with Crippen molar-refractivity contribution in [3.63, 3.8) is 0 Å². The molecular weight excluding hydrogens is 351 g/mol. The summed E-state index contributed by atoms with van der Waals surface area (Å²) in [5, 5.41) is 10.9. The molecule has 4 rings (SSSR count). The number of aryl methyl sites for hydroxylation is 1. The fourth-order valence-electron chi connectivity index (χ4n) is 3.65. The van der Waals surface area contributed by atoms with Crippen molar-refractivity contribution >= 4 is 23.0 Å². The molecule has 136 valence electrons. The molecule has 0 N–H and O–H groups in total. The van der Waals surface area contributed by atoms with Gasteiger partial charge >= 0.3 is 29.6 Å². The zero-order valence-corrected chi connectivity index (χ0v) is 18.4. The molecule has 2 aromatic rings. The zero-order valence-electron chi connectivity index (χ0n) is 16.4. The van der Waals surface area contributed by atoms with Crippen molar-refractivity contribution in [2.45, 2.75) is 26.4 Å². The normalized spacial score (nSPS) is 18.0.